The molecule has 0 bridgehead atoms. The number of carbonyl (C=O) groups is 1. The first kappa shape index (κ1) is 17.9. The zero-order chi connectivity index (χ0) is 19.8. The Labute approximate surface area is 160 Å². The maximum absolute atomic E-state index is 13.4. The highest BCUT2D eigenvalue weighted by atomic mass is 19.2. The Morgan fingerprint density at radius 1 is 0.893 bits per heavy atom. The zero-order valence-electron chi connectivity index (χ0n) is 15.3. The molecule has 1 aromatic heterocycles. The number of aromatic amines is 1. The van der Waals surface area contributed by atoms with Gasteiger partial charge in [-0.25, -0.2) is 8.78 Å². The third-order valence-corrected chi connectivity index (χ3v) is 4.82. The van der Waals surface area contributed by atoms with Crippen molar-refractivity contribution in [2.75, 3.05) is 5.32 Å². The second-order valence-electron chi connectivity index (χ2n) is 6.71. The minimum Gasteiger partial charge on any atom is -0.305 e. The van der Waals surface area contributed by atoms with Crippen LogP contribution in [0, 0.1) is 25.5 Å². The summed E-state index contributed by atoms with van der Waals surface area (Å²) in [7, 11) is 0. The van der Waals surface area contributed by atoms with Crippen LogP contribution in [0.5, 0.6) is 0 Å². The predicted molar refractivity (Wildman–Crippen MR) is 105 cm³/mol. The molecule has 0 unspecified atom stereocenters. The number of hydrogen-bond donors (Lipinski definition) is 2. The van der Waals surface area contributed by atoms with Gasteiger partial charge in [-0.15, -0.1) is 0 Å². The minimum atomic E-state index is -1.07. The summed E-state index contributed by atoms with van der Waals surface area (Å²) < 4.78 is 26.4. The molecule has 0 aliphatic rings. The smallest absolute Gasteiger partial charge is 0.256 e. The lowest BCUT2D eigenvalue weighted by atomic mass is 10.00. The molecule has 4 rings (SSSR count). The molecule has 0 spiro atoms. The molecular weight excluding hydrogens is 360 g/mol. The first-order valence-corrected chi connectivity index (χ1v) is 8.74. The number of aryl methyl sites for hydroxylation is 2. The number of fused-ring (bicyclic) bond motifs is 1. The first-order valence-electron chi connectivity index (χ1n) is 8.74. The van der Waals surface area contributed by atoms with Crippen LogP contribution in [0.4, 0.5) is 14.6 Å². The summed E-state index contributed by atoms with van der Waals surface area (Å²) >= 11 is 0. The van der Waals surface area contributed by atoms with Crippen molar-refractivity contribution in [2.45, 2.75) is 13.8 Å². The topological polar surface area (TPSA) is 57.8 Å². The largest absolute Gasteiger partial charge is 0.305 e. The van der Waals surface area contributed by atoms with Gasteiger partial charge < -0.3 is 5.32 Å². The Hall–Kier alpha value is -3.54. The number of H-pyrrole nitrogens is 1. The summed E-state index contributed by atoms with van der Waals surface area (Å²) in [6.45, 7) is 4.14. The molecule has 3 aromatic carbocycles. The van der Waals surface area contributed by atoms with Crippen molar-refractivity contribution >= 4 is 22.6 Å². The summed E-state index contributed by atoms with van der Waals surface area (Å²) in [4.78, 5) is 12.3. The number of amides is 1. The van der Waals surface area contributed by atoms with E-state index in [2.05, 4.69) is 47.6 Å². The first-order chi connectivity index (χ1) is 13.4. The molecule has 0 radical (unpaired) electrons. The van der Waals surface area contributed by atoms with Crippen LogP contribution in [0.25, 0.3) is 22.0 Å². The molecule has 0 atom stereocenters. The highest BCUT2D eigenvalue weighted by Gasteiger charge is 2.14. The lowest BCUT2D eigenvalue weighted by molar-refractivity contribution is 0.102. The number of nitrogens with zero attached hydrogens (tertiary/aromatic N) is 1. The van der Waals surface area contributed by atoms with Crippen LogP contribution in [0.2, 0.25) is 0 Å². The van der Waals surface area contributed by atoms with Crippen LogP contribution in [-0.2, 0) is 0 Å². The Balaban J connectivity index is 1.63. The summed E-state index contributed by atoms with van der Waals surface area (Å²) in [5.74, 6) is -2.31. The van der Waals surface area contributed by atoms with E-state index in [9.17, 15) is 13.6 Å². The second kappa shape index (κ2) is 6.88. The summed E-state index contributed by atoms with van der Waals surface area (Å²) in [6, 6.07) is 15.0. The number of aromatic nitrogens is 2. The molecule has 4 aromatic rings. The van der Waals surface area contributed by atoms with Crippen LogP contribution in [0.3, 0.4) is 0 Å². The van der Waals surface area contributed by atoms with Crippen molar-refractivity contribution in [3.63, 3.8) is 0 Å². The highest BCUT2D eigenvalue weighted by Crippen LogP contribution is 2.28. The van der Waals surface area contributed by atoms with E-state index in [1.165, 1.54) is 17.2 Å². The van der Waals surface area contributed by atoms with Gasteiger partial charge in [0.2, 0.25) is 0 Å². The van der Waals surface area contributed by atoms with E-state index in [1.807, 2.05) is 18.2 Å². The fourth-order valence-electron chi connectivity index (χ4n) is 3.03. The number of benzene rings is 3. The predicted octanol–water partition coefficient (Wildman–Crippen LogP) is 5.38. The quantitative estimate of drug-likeness (QED) is 0.504. The Kier molecular flexibility index (Phi) is 4.39. The van der Waals surface area contributed by atoms with Crippen molar-refractivity contribution < 1.29 is 13.6 Å². The Bertz CT molecular complexity index is 1210. The number of rotatable bonds is 3. The Morgan fingerprint density at radius 2 is 1.64 bits per heavy atom. The average Bonchev–Trinajstić information content (AvgIpc) is 3.08. The lowest BCUT2D eigenvalue weighted by Gasteiger charge is -2.06. The van der Waals surface area contributed by atoms with Gasteiger partial charge in [0.15, 0.2) is 17.5 Å². The fourth-order valence-corrected chi connectivity index (χ4v) is 3.03. The molecule has 0 fully saturated rings. The van der Waals surface area contributed by atoms with Crippen LogP contribution >= 0.6 is 0 Å². The normalized spacial score (nSPS) is 11.0. The molecule has 28 heavy (non-hydrogen) atoms. The molecule has 140 valence electrons. The van der Waals surface area contributed by atoms with Gasteiger partial charge in [0.05, 0.1) is 5.52 Å². The highest BCUT2D eigenvalue weighted by molar-refractivity contribution is 6.08. The third-order valence-electron chi connectivity index (χ3n) is 4.82. The molecule has 1 heterocycles. The van der Waals surface area contributed by atoms with Crippen LogP contribution in [0.1, 0.15) is 21.5 Å². The van der Waals surface area contributed by atoms with E-state index in [0.29, 0.717) is 5.82 Å². The van der Waals surface area contributed by atoms with E-state index in [1.54, 1.807) is 0 Å². The van der Waals surface area contributed by atoms with E-state index in [4.69, 9.17) is 0 Å². The molecule has 0 saturated heterocycles. The summed E-state index contributed by atoms with van der Waals surface area (Å²) in [5.41, 5.74) is 5.33. The molecular formula is C22H17F2N3O. The van der Waals surface area contributed by atoms with E-state index < -0.39 is 17.5 Å². The van der Waals surface area contributed by atoms with E-state index in [-0.39, 0.29) is 5.56 Å². The van der Waals surface area contributed by atoms with Crippen molar-refractivity contribution in [1.82, 2.24) is 10.2 Å². The van der Waals surface area contributed by atoms with Crippen molar-refractivity contribution in [3.8, 4) is 11.1 Å². The van der Waals surface area contributed by atoms with E-state index in [0.717, 1.165) is 34.2 Å². The van der Waals surface area contributed by atoms with E-state index >= 15 is 0 Å². The molecule has 2 N–H and O–H groups in total. The minimum absolute atomic E-state index is 0.0156. The molecule has 4 nitrogen and oxygen atoms in total. The molecule has 6 heteroatoms. The van der Waals surface area contributed by atoms with Crippen LogP contribution in [-0.4, -0.2) is 16.1 Å². The van der Waals surface area contributed by atoms with Crippen molar-refractivity contribution in [3.05, 3.63) is 82.9 Å². The number of nitrogens with one attached hydrogen (secondary N) is 2. The molecule has 0 saturated carbocycles. The number of carbonyl (C=O) groups excluding carboxylic acids is 1. The van der Waals surface area contributed by atoms with Crippen molar-refractivity contribution in [1.29, 1.82) is 0 Å². The molecule has 0 aliphatic heterocycles. The Morgan fingerprint density at radius 3 is 2.39 bits per heavy atom. The van der Waals surface area contributed by atoms with Gasteiger partial charge in [-0.2, -0.15) is 5.10 Å². The third kappa shape index (κ3) is 3.24. The fraction of sp³-hybridized carbons (Fsp3) is 0.0909. The van der Waals surface area contributed by atoms with Gasteiger partial charge in [0.1, 0.15) is 0 Å². The lowest BCUT2D eigenvalue weighted by Crippen LogP contribution is -2.13. The van der Waals surface area contributed by atoms with Gasteiger partial charge in [-0.3, -0.25) is 9.89 Å². The molecule has 1 amide bonds. The summed E-state index contributed by atoms with van der Waals surface area (Å²) in [6.07, 6.45) is 0. The van der Waals surface area contributed by atoms with Gasteiger partial charge in [-0.05, 0) is 66.4 Å². The van der Waals surface area contributed by atoms with Gasteiger partial charge in [0, 0.05) is 10.9 Å². The summed E-state index contributed by atoms with van der Waals surface area (Å²) in [5, 5.41) is 10.4. The number of hydrogen-bond acceptors (Lipinski definition) is 2. The number of halogens is 2. The van der Waals surface area contributed by atoms with Gasteiger partial charge in [-0.1, -0.05) is 24.3 Å². The molecule has 0 aliphatic carbocycles. The standard InChI is InChI=1S/C22H17F2N3O/c1-12-3-4-14(9-13(12)2)15-5-7-17-20(11-15)26-27-21(17)25-22(28)16-6-8-18(23)19(24)10-16/h3-11H,1-2H3,(H2,25,26,27,28). The monoisotopic (exact) mass is 377 g/mol. The van der Waals surface area contributed by atoms with Crippen molar-refractivity contribution in [2.24, 2.45) is 0 Å². The van der Waals surface area contributed by atoms with Gasteiger partial charge >= 0.3 is 0 Å². The number of anilines is 1. The zero-order valence-corrected chi connectivity index (χ0v) is 15.3. The maximum Gasteiger partial charge on any atom is 0.256 e. The van der Waals surface area contributed by atoms with Gasteiger partial charge in [0.25, 0.3) is 5.91 Å². The van der Waals surface area contributed by atoms with Crippen LogP contribution in [0.15, 0.2) is 54.6 Å². The SMILES string of the molecule is Cc1ccc(-c2ccc3c(NC(=O)c4ccc(F)c(F)c4)n[nH]c3c2)cc1C. The van der Waals surface area contributed by atoms with Crippen LogP contribution < -0.4 is 5.32 Å². The second-order valence-corrected chi connectivity index (χ2v) is 6.71. The average molecular weight is 377 g/mol. The maximum atomic E-state index is 13.4.